The third-order valence-electron chi connectivity index (χ3n) is 5.06. The van der Waals surface area contributed by atoms with Gasteiger partial charge >= 0.3 is 0 Å². The van der Waals surface area contributed by atoms with Crippen LogP contribution in [0, 0.1) is 0 Å². The molecule has 4 nitrogen and oxygen atoms in total. The van der Waals surface area contributed by atoms with Gasteiger partial charge in [0.2, 0.25) is 11.8 Å². The van der Waals surface area contributed by atoms with E-state index in [2.05, 4.69) is 5.32 Å². The van der Waals surface area contributed by atoms with Crippen molar-refractivity contribution in [2.24, 2.45) is 0 Å². The third kappa shape index (κ3) is 8.04. The lowest BCUT2D eigenvalue weighted by molar-refractivity contribution is -0.138. The Morgan fingerprint density at radius 1 is 1.03 bits per heavy atom. The summed E-state index contributed by atoms with van der Waals surface area (Å²) in [5.74, 6) is 0.937. The van der Waals surface area contributed by atoms with Gasteiger partial charge in [0.15, 0.2) is 0 Å². The van der Waals surface area contributed by atoms with Crippen LogP contribution >= 0.6 is 23.4 Å². The molecule has 0 aliphatic rings. The fourth-order valence-electron chi connectivity index (χ4n) is 2.96. The zero-order chi connectivity index (χ0) is 21.9. The van der Waals surface area contributed by atoms with Crippen molar-refractivity contribution in [3.05, 3.63) is 70.7 Å². The molecule has 0 aliphatic heterocycles. The van der Waals surface area contributed by atoms with Gasteiger partial charge in [-0.05, 0) is 49.9 Å². The van der Waals surface area contributed by atoms with E-state index in [1.807, 2.05) is 75.4 Å². The van der Waals surface area contributed by atoms with Crippen molar-refractivity contribution in [3.63, 3.8) is 0 Å². The van der Waals surface area contributed by atoms with E-state index in [4.69, 9.17) is 11.6 Å². The van der Waals surface area contributed by atoms with Crippen LogP contribution in [-0.2, 0) is 21.8 Å². The average molecular weight is 447 g/mol. The third-order valence-corrected chi connectivity index (χ3v) is 6.30. The molecule has 30 heavy (non-hydrogen) atoms. The van der Waals surface area contributed by atoms with Crippen LogP contribution < -0.4 is 5.32 Å². The second kappa shape index (κ2) is 12.7. The topological polar surface area (TPSA) is 49.4 Å². The van der Waals surface area contributed by atoms with Crippen molar-refractivity contribution in [2.75, 3.05) is 12.3 Å². The first-order valence-electron chi connectivity index (χ1n) is 10.4. The highest BCUT2D eigenvalue weighted by Gasteiger charge is 2.26. The van der Waals surface area contributed by atoms with Gasteiger partial charge in [-0.15, -0.1) is 11.8 Å². The molecule has 2 aromatic rings. The molecule has 2 amide bonds. The SMILES string of the molecule is CC[C@@H](C)NC(=O)[C@H](C)N(CCc1ccccc1)C(=O)CSCc1ccc(Cl)cc1. The molecular weight excluding hydrogens is 416 g/mol. The van der Waals surface area contributed by atoms with Crippen LogP contribution in [0.25, 0.3) is 0 Å². The number of carbonyl (C=O) groups is 2. The van der Waals surface area contributed by atoms with Gasteiger partial charge in [0.05, 0.1) is 5.75 Å². The largest absolute Gasteiger partial charge is 0.352 e. The maximum atomic E-state index is 13.0. The van der Waals surface area contributed by atoms with E-state index in [0.29, 0.717) is 17.3 Å². The number of benzene rings is 2. The maximum absolute atomic E-state index is 13.0. The number of nitrogens with one attached hydrogen (secondary N) is 1. The lowest BCUT2D eigenvalue weighted by Crippen LogP contribution is -2.51. The number of halogens is 1. The molecule has 0 radical (unpaired) electrons. The number of carbonyl (C=O) groups excluding carboxylic acids is 2. The van der Waals surface area contributed by atoms with Gasteiger partial charge in [-0.1, -0.05) is 61.0 Å². The van der Waals surface area contributed by atoms with Crippen molar-refractivity contribution in [1.82, 2.24) is 10.2 Å². The molecule has 0 spiro atoms. The van der Waals surface area contributed by atoms with E-state index in [1.54, 1.807) is 16.7 Å². The number of thioether (sulfide) groups is 1. The quantitative estimate of drug-likeness (QED) is 0.531. The van der Waals surface area contributed by atoms with Gasteiger partial charge in [0.25, 0.3) is 0 Å². The molecule has 162 valence electrons. The molecule has 0 bridgehead atoms. The molecular formula is C24H31ClN2O2S. The Balaban J connectivity index is 1.99. The van der Waals surface area contributed by atoms with Crippen LogP contribution in [0.2, 0.25) is 5.02 Å². The van der Waals surface area contributed by atoms with Crippen molar-refractivity contribution < 1.29 is 9.59 Å². The van der Waals surface area contributed by atoms with Crippen molar-refractivity contribution in [3.8, 4) is 0 Å². The summed E-state index contributed by atoms with van der Waals surface area (Å²) in [6.45, 7) is 6.33. The zero-order valence-electron chi connectivity index (χ0n) is 17.9. The highest BCUT2D eigenvalue weighted by Crippen LogP contribution is 2.17. The predicted octanol–water partition coefficient (Wildman–Crippen LogP) is 4.95. The molecule has 0 aromatic heterocycles. The number of hydrogen-bond donors (Lipinski definition) is 1. The fourth-order valence-corrected chi connectivity index (χ4v) is 3.95. The Labute approximate surface area is 189 Å². The molecule has 0 saturated heterocycles. The summed E-state index contributed by atoms with van der Waals surface area (Å²) in [5.41, 5.74) is 2.27. The minimum atomic E-state index is -0.508. The van der Waals surface area contributed by atoms with Crippen LogP contribution in [0.4, 0.5) is 0 Å². The number of hydrogen-bond acceptors (Lipinski definition) is 3. The second-order valence-electron chi connectivity index (χ2n) is 7.44. The lowest BCUT2D eigenvalue weighted by atomic mass is 10.1. The number of nitrogens with zero attached hydrogens (tertiary/aromatic N) is 1. The molecule has 0 unspecified atom stereocenters. The summed E-state index contributed by atoms with van der Waals surface area (Å²) >= 11 is 7.48. The molecule has 1 N–H and O–H groups in total. The summed E-state index contributed by atoms with van der Waals surface area (Å²) in [7, 11) is 0. The van der Waals surface area contributed by atoms with Crippen LogP contribution in [0.1, 0.15) is 38.3 Å². The summed E-state index contributed by atoms with van der Waals surface area (Å²) in [4.78, 5) is 27.4. The first-order chi connectivity index (χ1) is 14.4. The summed E-state index contributed by atoms with van der Waals surface area (Å²) in [6, 6.07) is 17.3. The molecule has 0 heterocycles. The monoisotopic (exact) mass is 446 g/mol. The molecule has 0 fully saturated rings. The Bertz CT molecular complexity index is 799. The molecule has 2 atom stereocenters. The fraction of sp³-hybridized carbons (Fsp3) is 0.417. The molecule has 6 heteroatoms. The van der Waals surface area contributed by atoms with Gasteiger partial charge in [0, 0.05) is 23.4 Å². The summed E-state index contributed by atoms with van der Waals surface area (Å²) < 4.78 is 0. The summed E-state index contributed by atoms with van der Waals surface area (Å²) in [5, 5.41) is 3.70. The molecule has 2 rings (SSSR count). The zero-order valence-corrected chi connectivity index (χ0v) is 19.5. The van der Waals surface area contributed by atoms with Gasteiger partial charge in [0.1, 0.15) is 6.04 Å². The van der Waals surface area contributed by atoms with Gasteiger partial charge in [-0.2, -0.15) is 0 Å². The average Bonchev–Trinajstić information content (AvgIpc) is 2.75. The number of rotatable bonds is 11. The van der Waals surface area contributed by atoms with Crippen molar-refractivity contribution in [2.45, 2.75) is 51.4 Å². The normalized spacial score (nSPS) is 12.8. The second-order valence-corrected chi connectivity index (χ2v) is 8.86. The van der Waals surface area contributed by atoms with E-state index < -0.39 is 6.04 Å². The first-order valence-corrected chi connectivity index (χ1v) is 11.9. The Hall–Kier alpha value is -1.98. The van der Waals surface area contributed by atoms with E-state index in [-0.39, 0.29) is 17.9 Å². The Kier molecular flexibility index (Phi) is 10.2. The van der Waals surface area contributed by atoms with E-state index >= 15 is 0 Å². The highest BCUT2D eigenvalue weighted by atomic mass is 35.5. The van der Waals surface area contributed by atoms with Crippen molar-refractivity contribution in [1.29, 1.82) is 0 Å². The van der Waals surface area contributed by atoms with Gasteiger partial charge in [-0.3, -0.25) is 9.59 Å². The smallest absolute Gasteiger partial charge is 0.242 e. The number of amides is 2. The van der Waals surface area contributed by atoms with Crippen LogP contribution in [0.3, 0.4) is 0 Å². The first kappa shape index (κ1) is 24.3. The van der Waals surface area contributed by atoms with Crippen LogP contribution in [0.15, 0.2) is 54.6 Å². The predicted molar refractivity (Wildman–Crippen MR) is 127 cm³/mol. The maximum Gasteiger partial charge on any atom is 0.242 e. The van der Waals surface area contributed by atoms with E-state index in [9.17, 15) is 9.59 Å². The van der Waals surface area contributed by atoms with Crippen LogP contribution in [0.5, 0.6) is 0 Å². The van der Waals surface area contributed by atoms with Crippen molar-refractivity contribution >= 4 is 35.2 Å². The van der Waals surface area contributed by atoms with Gasteiger partial charge in [-0.25, -0.2) is 0 Å². The van der Waals surface area contributed by atoms with E-state index in [1.165, 1.54) is 0 Å². The van der Waals surface area contributed by atoms with E-state index in [0.717, 1.165) is 29.7 Å². The molecule has 0 saturated carbocycles. The molecule has 2 aromatic carbocycles. The Morgan fingerprint density at radius 3 is 2.33 bits per heavy atom. The van der Waals surface area contributed by atoms with Crippen LogP contribution in [-0.4, -0.2) is 41.1 Å². The molecule has 0 aliphatic carbocycles. The minimum absolute atomic E-state index is 0.0169. The minimum Gasteiger partial charge on any atom is -0.352 e. The summed E-state index contributed by atoms with van der Waals surface area (Å²) in [6.07, 6.45) is 1.57. The standard InChI is InChI=1S/C24H31ClN2O2S/c1-4-18(2)26-24(29)19(3)27(15-14-20-8-6-5-7-9-20)23(28)17-30-16-21-10-12-22(25)13-11-21/h5-13,18-19H,4,14-17H2,1-3H3,(H,26,29)/t18-,19+/m1/s1. The Morgan fingerprint density at radius 2 is 1.70 bits per heavy atom. The highest BCUT2D eigenvalue weighted by molar-refractivity contribution is 7.99. The lowest BCUT2D eigenvalue weighted by Gasteiger charge is -2.29. The van der Waals surface area contributed by atoms with Gasteiger partial charge < -0.3 is 10.2 Å².